The number of fused-ring (bicyclic) bond motifs is 1. The molecule has 0 radical (unpaired) electrons. The molecular formula is C24H16F3NO2. The summed E-state index contributed by atoms with van der Waals surface area (Å²) in [4.78, 5) is 17.1. The summed E-state index contributed by atoms with van der Waals surface area (Å²) in [6.07, 6.45) is 1.49. The van der Waals surface area contributed by atoms with Crippen LogP contribution in [-0.2, 0) is 4.74 Å². The van der Waals surface area contributed by atoms with Crippen LogP contribution in [0.2, 0.25) is 0 Å². The lowest BCUT2D eigenvalue weighted by molar-refractivity contribution is 0.0603. The molecule has 0 saturated carbocycles. The fourth-order valence-corrected chi connectivity index (χ4v) is 3.53. The fourth-order valence-electron chi connectivity index (χ4n) is 3.53. The van der Waals surface area contributed by atoms with Gasteiger partial charge in [0.2, 0.25) is 0 Å². The van der Waals surface area contributed by atoms with Gasteiger partial charge in [-0.25, -0.2) is 18.0 Å². The van der Waals surface area contributed by atoms with E-state index in [0.717, 1.165) is 6.07 Å². The number of carbonyl (C=O) groups is 1. The number of nitrogens with zero attached hydrogens (tertiary/aromatic N) is 1. The van der Waals surface area contributed by atoms with Gasteiger partial charge in [0.05, 0.1) is 18.2 Å². The van der Waals surface area contributed by atoms with Gasteiger partial charge in [-0.1, -0.05) is 12.1 Å². The highest BCUT2D eigenvalue weighted by Gasteiger charge is 2.20. The zero-order chi connectivity index (χ0) is 21.4. The Labute approximate surface area is 170 Å². The Balaban J connectivity index is 2.01. The molecule has 0 aliphatic heterocycles. The maximum atomic E-state index is 14.0. The Morgan fingerprint density at radius 2 is 1.50 bits per heavy atom. The van der Waals surface area contributed by atoms with E-state index in [9.17, 15) is 18.0 Å². The molecular weight excluding hydrogens is 391 g/mol. The number of hydrogen-bond acceptors (Lipinski definition) is 3. The number of carbonyl (C=O) groups excluding carboxylic acids is 1. The Morgan fingerprint density at radius 3 is 2.17 bits per heavy atom. The summed E-state index contributed by atoms with van der Waals surface area (Å²) < 4.78 is 46.3. The average molecular weight is 407 g/mol. The molecule has 0 saturated heterocycles. The molecule has 3 nitrogen and oxygen atoms in total. The van der Waals surface area contributed by atoms with E-state index in [-0.39, 0.29) is 5.56 Å². The summed E-state index contributed by atoms with van der Waals surface area (Å²) >= 11 is 0. The predicted molar refractivity (Wildman–Crippen MR) is 109 cm³/mol. The molecule has 0 N–H and O–H groups in total. The zero-order valence-corrected chi connectivity index (χ0v) is 16.2. The van der Waals surface area contributed by atoms with Crippen LogP contribution in [0.4, 0.5) is 13.2 Å². The second kappa shape index (κ2) is 7.63. The molecule has 150 valence electrons. The van der Waals surface area contributed by atoms with Crippen LogP contribution in [0.1, 0.15) is 15.9 Å². The van der Waals surface area contributed by atoms with E-state index in [4.69, 9.17) is 4.74 Å². The fraction of sp³-hybridized carbons (Fsp3) is 0.0833. The van der Waals surface area contributed by atoms with Crippen molar-refractivity contribution in [1.29, 1.82) is 0 Å². The Kier molecular flexibility index (Phi) is 4.99. The number of esters is 1. The summed E-state index contributed by atoms with van der Waals surface area (Å²) in [6, 6.07) is 12.6. The van der Waals surface area contributed by atoms with Crippen molar-refractivity contribution in [2.45, 2.75) is 6.92 Å². The SMILES string of the molecule is COC(=O)c1c(-c2cc(C)cc(F)c2)cnc2ccc(-c3cc(F)cc(F)c3)cc12. The van der Waals surface area contributed by atoms with Crippen molar-refractivity contribution in [2.75, 3.05) is 7.11 Å². The molecule has 30 heavy (non-hydrogen) atoms. The molecule has 0 unspecified atom stereocenters. The molecule has 0 spiro atoms. The second-order valence-electron chi connectivity index (χ2n) is 6.95. The molecule has 0 fully saturated rings. The van der Waals surface area contributed by atoms with E-state index >= 15 is 0 Å². The van der Waals surface area contributed by atoms with E-state index in [1.165, 1.54) is 37.6 Å². The van der Waals surface area contributed by atoms with E-state index in [0.29, 0.717) is 38.7 Å². The number of ether oxygens (including phenoxy) is 1. The van der Waals surface area contributed by atoms with Gasteiger partial charge in [-0.2, -0.15) is 0 Å². The number of pyridine rings is 1. The van der Waals surface area contributed by atoms with E-state index in [2.05, 4.69) is 4.98 Å². The zero-order valence-electron chi connectivity index (χ0n) is 16.2. The third-order valence-corrected chi connectivity index (χ3v) is 4.81. The lowest BCUT2D eigenvalue weighted by Crippen LogP contribution is -2.06. The standard InChI is InChI=1S/C24H16F3NO2/c1-13-5-16(9-17(25)6-13)21-12-28-22-4-3-14(10-20(22)23(21)24(29)30-2)15-7-18(26)11-19(27)8-15/h3-12H,1-2H3. The van der Waals surface area contributed by atoms with E-state index in [1.807, 2.05) is 0 Å². The molecule has 0 amide bonds. The van der Waals surface area contributed by atoms with Crippen molar-refractivity contribution in [1.82, 2.24) is 4.98 Å². The molecule has 0 aliphatic rings. The smallest absolute Gasteiger partial charge is 0.339 e. The van der Waals surface area contributed by atoms with Crippen molar-refractivity contribution in [3.8, 4) is 22.3 Å². The Morgan fingerprint density at radius 1 is 0.833 bits per heavy atom. The van der Waals surface area contributed by atoms with Gasteiger partial charge in [-0.15, -0.1) is 0 Å². The molecule has 4 aromatic rings. The summed E-state index contributed by atoms with van der Waals surface area (Å²) in [6.45, 7) is 1.75. The van der Waals surface area contributed by atoms with Crippen LogP contribution in [0, 0.1) is 24.4 Å². The quantitative estimate of drug-likeness (QED) is 0.386. The van der Waals surface area contributed by atoms with Gasteiger partial charge < -0.3 is 4.74 Å². The van der Waals surface area contributed by atoms with Crippen molar-refractivity contribution < 1.29 is 22.7 Å². The molecule has 6 heteroatoms. The average Bonchev–Trinajstić information content (AvgIpc) is 2.70. The predicted octanol–water partition coefficient (Wildman–Crippen LogP) is 6.08. The van der Waals surface area contributed by atoms with Gasteiger partial charge in [0.25, 0.3) is 0 Å². The van der Waals surface area contributed by atoms with E-state index < -0.39 is 23.4 Å². The van der Waals surface area contributed by atoms with Crippen molar-refractivity contribution in [3.05, 3.63) is 89.4 Å². The first-order valence-electron chi connectivity index (χ1n) is 9.11. The first-order valence-corrected chi connectivity index (χ1v) is 9.11. The van der Waals surface area contributed by atoms with E-state index in [1.54, 1.807) is 31.2 Å². The number of benzene rings is 3. The minimum Gasteiger partial charge on any atom is -0.465 e. The molecule has 1 aromatic heterocycles. The number of methoxy groups -OCH3 is 1. The molecule has 0 atom stereocenters. The van der Waals surface area contributed by atoms with Crippen LogP contribution in [0.5, 0.6) is 0 Å². The minimum atomic E-state index is -0.708. The van der Waals surface area contributed by atoms with Gasteiger partial charge in [0, 0.05) is 23.2 Å². The number of hydrogen-bond donors (Lipinski definition) is 0. The largest absolute Gasteiger partial charge is 0.465 e. The third-order valence-electron chi connectivity index (χ3n) is 4.81. The summed E-state index contributed by atoms with van der Waals surface area (Å²) in [5, 5.41) is 0.434. The number of aromatic nitrogens is 1. The van der Waals surface area contributed by atoms with Crippen LogP contribution < -0.4 is 0 Å². The van der Waals surface area contributed by atoms with Gasteiger partial charge in [-0.3, -0.25) is 4.98 Å². The maximum Gasteiger partial charge on any atom is 0.339 e. The van der Waals surface area contributed by atoms with Crippen LogP contribution in [0.3, 0.4) is 0 Å². The minimum absolute atomic E-state index is 0.200. The molecule has 0 bridgehead atoms. The maximum absolute atomic E-state index is 14.0. The summed E-state index contributed by atoms with van der Waals surface area (Å²) in [7, 11) is 1.25. The Bertz CT molecular complexity index is 1260. The molecule has 4 rings (SSSR count). The normalized spacial score (nSPS) is 11.0. The first-order chi connectivity index (χ1) is 14.4. The van der Waals surface area contributed by atoms with Crippen molar-refractivity contribution in [3.63, 3.8) is 0 Å². The topological polar surface area (TPSA) is 39.2 Å². The molecule has 1 heterocycles. The number of rotatable bonds is 3. The van der Waals surface area contributed by atoms with Gasteiger partial charge in [0.15, 0.2) is 0 Å². The van der Waals surface area contributed by atoms with Gasteiger partial charge >= 0.3 is 5.97 Å². The molecule has 3 aromatic carbocycles. The van der Waals surface area contributed by atoms with Crippen LogP contribution in [0.25, 0.3) is 33.2 Å². The summed E-state index contributed by atoms with van der Waals surface area (Å²) in [5.41, 5.74) is 3.07. The van der Waals surface area contributed by atoms with Crippen molar-refractivity contribution in [2.24, 2.45) is 0 Å². The third kappa shape index (κ3) is 3.64. The first kappa shape index (κ1) is 19.6. The number of halogens is 3. The number of aryl methyl sites for hydroxylation is 1. The van der Waals surface area contributed by atoms with Crippen LogP contribution >= 0.6 is 0 Å². The van der Waals surface area contributed by atoms with Crippen LogP contribution in [0.15, 0.2) is 60.8 Å². The van der Waals surface area contributed by atoms with Crippen LogP contribution in [-0.4, -0.2) is 18.1 Å². The second-order valence-corrected chi connectivity index (χ2v) is 6.95. The monoisotopic (exact) mass is 407 g/mol. The van der Waals surface area contributed by atoms with Gasteiger partial charge in [0.1, 0.15) is 17.5 Å². The van der Waals surface area contributed by atoms with Gasteiger partial charge in [-0.05, 0) is 65.6 Å². The highest BCUT2D eigenvalue weighted by Crippen LogP contribution is 2.33. The lowest BCUT2D eigenvalue weighted by atomic mass is 9.94. The summed E-state index contributed by atoms with van der Waals surface area (Å²) in [5.74, 6) is -2.48. The highest BCUT2D eigenvalue weighted by molar-refractivity contribution is 6.09. The highest BCUT2D eigenvalue weighted by atomic mass is 19.1. The lowest BCUT2D eigenvalue weighted by Gasteiger charge is -2.13. The van der Waals surface area contributed by atoms with Crippen molar-refractivity contribution >= 4 is 16.9 Å². The molecule has 0 aliphatic carbocycles. The Hall–Kier alpha value is -3.67.